The Bertz CT molecular complexity index is 1310. The molecule has 246 valence electrons. The maximum atomic E-state index is 12.7. The molecule has 6 atom stereocenters. The quantitative estimate of drug-likeness (QED) is 0.235. The van der Waals surface area contributed by atoms with Gasteiger partial charge in [-0.3, -0.25) is 14.5 Å². The summed E-state index contributed by atoms with van der Waals surface area (Å²) in [5.41, 5.74) is 4.26. The first-order valence-corrected chi connectivity index (χ1v) is 16.8. The van der Waals surface area contributed by atoms with E-state index >= 15 is 0 Å². The predicted octanol–water partition coefficient (Wildman–Crippen LogP) is 6.51. The molecule has 2 heterocycles. The fraction of sp³-hybridized carbons (Fsp3) is 0.622. The van der Waals surface area contributed by atoms with Crippen molar-refractivity contribution in [3.63, 3.8) is 0 Å². The van der Waals surface area contributed by atoms with Crippen LogP contribution in [0.1, 0.15) is 109 Å². The van der Waals surface area contributed by atoms with Crippen molar-refractivity contribution in [1.82, 2.24) is 10.2 Å². The number of nitrogens with one attached hydrogen (secondary N) is 2. The maximum absolute atomic E-state index is 12.7. The molecule has 8 heteroatoms. The van der Waals surface area contributed by atoms with Crippen LogP contribution in [-0.2, 0) is 25.7 Å². The third-order valence-electron chi connectivity index (χ3n) is 9.96. The summed E-state index contributed by atoms with van der Waals surface area (Å²) in [6, 6.07) is 16.4. The lowest BCUT2D eigenvalue weighted by atomic mass is 9.65. The summed E-state index contributed by atoms with van der Waals surface area (Å²) in [4.78, 5) is 26.4. The van der Waals surface area contributed by atoms with Gasteiger partial charge in [-0.15, -0.1) is 0 Å². The minimum Gasteiger partial charge on any atom is -0.392 e. The minimum atomic E-state index is -0.576. The molecule has 3 fully saturated rings. The maximum Gasteiger partial charge on any atom is 0.224 e. The van der Waals surface area contributed by atoms with Gasteiger partial charge in [-0.1, -0.05) is 70.5 Å². The third kappa shape index (κ3) is 8.73. The van der Waals surface area contributed by atoms with Gasteiger partial charge in [-0.2, -0.15) is 0 Å². The fourth-order valence-electron chi connectivity index (χ4n) is 8.19. The Balaban J connectivity index is 1.29. The van der Waals surface area contributed by atoms with Crippen LogP contribution in [0.5, 0.6) is 0 Å². The van der Waals surface area contributed by atoms with Crippen LogP contribution < -0.4 is 10.6 Å². The fourth-order valence-corrected chi connectivity index (χ4v) is 8.19. The zero-order chi connectivity index (χ0) is 32.2. The van der Waals surface area contributed by atoms with Gasteiger partial charge in [0.05, 0.1) is 18.8 Å². The number of hydrogen-bond donors (Lipinski definition) is 3. The van der Waals surface area contributed by atoms with Crippen LogP contribution >= 0.6 is 0 Å². The number of aliphatic hydroxyl groups is 1. The highest BCUT2D eigenvalue weighted by atomic mass is 16.7. The molecule has 2 amide bonds. The third-order valence-corrected chi connectivity index (χ3v) is 9.96. The number of rotatable bonds is 12. The first kappa shape index (κ1) is 33.6. The molecule has 2 bridgehead atoms. The van der Waals surface area contributed by atoms with E-state index in [1.54, 1.807) is 0 Å². The highest BCUT2D eigenvalue weighted by molar-refractivity contribution is 5.90. The van der Waals surface area contributed by atoms with E-state index in [9.17, 15) is 14.7 Å². The van der Waals surface area contributed by atoms with Gasteiger partial charge in [-0.25, -0.2) is 0 Å². The topological polar surface area (TPSA) is 100 Å². The smallest absolute Gasteiger partial charge is 0.224 e. The zero-order valence-corrected chi connectivity index (χ0v) is 27.8. The number of amides is 2. The van der Waals surface area contributed by atoms with Crippen LogP contribution in [0.4, 0.5) is 5.69 Å². The van der Waals surface area contributed by atoms with Gasteiger partial charge < -0.3 is 25.2 Å². The first-order valence-electron chi connectivity index (χ1n) is 16.8. The van der Waals surface area contributed by atoms with Gasteiger partial charge >= 0.3 is 0 Å². The normalized spacial score (nSPS) is 29.3. The van der Waals surface area contributed by atoms with Crippen molar-refractivity contribution in [2.45, 2.75) is 111 Å². The lowest BCUT2D eigenvalue weighted by Gasteiger charge is -2.43. The molecule has 2 unspecified atom stereocenters. The van der Waals surface area contributed by atoms with Gasteiger partial charge in [0.2, 0.25) is 11.8 Å². The second kappa shape index (κ2) is 14.3. The van der Waals surface area contributed by atoms with Crippen molar-refractivity contribution < 1.29 is 24.2 Å². The number of carbonyl (C=O) groups excluding carboxylic acids is 2. The van der Waals surface area contributed by atoms with Gasteiger partial charge in [-0.05, 0) is 66.2 Å². The van der Waals surface area contributed by atoms with E-state index in [1.165, 1.54) is 26.2 Å². The van der Waals surface area contributed by atoms with E-state index in [4.69, 9.17) is 9.47 Å². The van der Waals surface area contributed by atoms with Crippen molar-refractivity contribution in [2.75, 3.05) is 25.0 Å². The number of fused-ring (bicyclic) bond motifs is 2. The lowest BCUT2D eigenvalue weighted by molar-refractivity contribution is -0.276. The number of likely N-dealkylation sites (tertiary alicyclic amines) is 1. The Morgan fingerprint density at radius 1 is 1.00 bits per heavy atom. The van der Waals surface area contributed by atoms with E-state index in [0.29, 0.717) is 29.8 Å². The van der Waals surface area contributed by atoms with Crippen LogP contribution in [0.3, 0.4) is 0 Å². The zero-order valence-electron chi connectivity index (χ0n) is 27.8. The molecule has 2 aromatic carbocycles. The van der Waals surface area contributed by atoms with Crippen molar-refractivity contribution >= 4 is 17.5 Å². The number of nitrogens with zero attached hydrogens (tertiary/aromatic N) is 1. The molecular weight excluding hydrogens is 566 g/mol. The molecule has 1 aliphatic carbocycles. The standard InChI is InChI=1S/C37H53N3O5/c1-25-32(21-40-24-37(5)20-31(40)19-36(3,4)23-37)44-35(45-34(25)28-15-13-27(22-41)14-16-28)29-10-9-11-30(18-29)39-33(43)12-7-6-8-17-38-26(2)42/h9-11,13-16,18,25,31-32,34-35,41H,6-8,12,17,19-24H2,1-5H3,(H,38,42)(H,39,43)/t25-,31?,32+,34+,35+,37?/m0/s1. The van der Waals surface area contributed by atoms with Crippen LogP contribution in [0.25, 0.3) is 0 Å². The average molecular weight is 620 g/mol. The summed E-state index contributed by atoms with van der Waals surface area (Å²) in [5.74, 6) is 0.0697. The highest BCUT2D eigenvalue weighted by Crippen LogP contribution is 2.53. The van der Waals surface area contributed by atoms with Crippen LogP contribution in [0.2, 0.25) is 0 Å². The summed E-state index contributed by atoms with van der Waals surface area (Å²) in [6.07, 6.45) is 5.88. The number of carbonyl (C=O) groups is 2. The van der Waals surface area contributed by atoms with Crippen LogP contribution in [0.15, 0.2) is 48.5 Å². The molecule has 1 saturated carbocycles. The summed E-state index contributed by atoms with van der Waals surface area (Å²) in [7, 11) is 0. The minimum absolute atomic E-state index is 0.0107. The molecule has 45 heavy (non-hydrogen) atoms. The average Bonchev–Trinajstić information content (AvgIpc) is 3.23. The van der Waals surface area contributed by atoms with Crippen molar-refractivity contribution in [3.8, 4) is 0 Å². The van der Waals surface area contributed by atoms with Gasteiger partial charge in [0.25, 0.3) is 0 Å². The Kier molecular flexibility index (Phi) is 10.7. The SMILES string of the molecule is CC(=O)NCCCCCC(=O)Nc1cccc([C@@H]2O[C@H](CN3CC4(C)CC3CC(C)(C)C4)[C@H](C)[C@H](c3ccc(CO)cc3)O2)c1. The van der Waals surface area contributed by atoms with E-state index in [2.05, 4.69) is 55.4 Å². The molecule has 8 nitrogen and oxygen atoms in total. The Labute approximate surface area is 269 Å². The van der Waals surface area contributed by atoms with Gasteiger partial charge in [0.15, 0.2) is 6.29 Å². The first-order chi connectivity index (χ1) is 21.4. The van der Waals surface area contributed by atoms with E-state index in [-0.39, 0.29) is 36.5 Å². The highest BCUT2D eigenvalue weighted by Gasteiger charge is 2.51. The number of unbranched alkanes of at least 4 members (excludes halogenated alkanes) is 2. The number of aliphatic hydroxyl groups excluding tert-OH is 1. The number of anilines is 1. The van der Waals surface area contributed by atoms with Crippen molar-refractivity contribution in [1.29, 1.82) is 0 Å². The van der Waals surface area contributed by atoms with Gasteiger partial charge in [0, 0.05) is 56.2 Å². The molecule has 0 spiro atoms. The van der Waals surface area contributed by atoms with Gasteiger partial charge in [0.1, 0.15) is 0 Å². The summed E-state index contributed by atoms with van der Waals surface area (Å²) in [5, 5.41) is 15.4. The molecule has 2 aromatic rings. The van der Waals surface area contributed by atoms with Crippen LogP contribution in [0, 0.1) is 16.7 Å². The van der Waals surface area contributed by atoms with Crippen LogP contribution in [-0.4, -0.2) is 53.6 Å². The summed E-state index contributed by atoms with van der Waals surface area (Å²) >= 11 is 0. The van der Waals surface area contributed by atoms with E-state index in [1.807, 2.05) is 36.4 Å². The number of hydrogen-bond acceptors (Lipinski definition) is 6. The second-order valence-corrected chi connectivity index (χ2v) is 14.9. The molecule has 3 aliphatic rings. The molecule has 0 radical (unpaired) electrons. The Hall–Kier alpha value is -2.78. The van der Waals surface area contributed by atoms with E-state index in [0.717, 1.165) is 54.7 Å². The summed E-state index contributed by atoms with van der Waals surface area (Å²) in [6.45, 7) is 13.6. The molecule has 0 aromatic heterocycles. The monoisotopic (exact) mass is 619 g/mol. The predicted molar refractivity (Wildman–Crippen MR) is 176 cm³/mol. The second-order valence-electron chi connectivity index (χ2n) is 14.9. The molecule has 3 N–H and O–H groups in total. The summed E-state index contributed by atoms with van der Waals surface area (Å²) < 4.78 is 13.5. The Morgan fingerprint density at radius 2 is 1.78 bits per heavy atom. The van der Waals surface area contributed by atoms with E-state index < -0.39 is 6.29 Å². The van der Waals surface area contributed by atoms with Crippen molar-refractivity contribution in [3.05, 3.63) is 65.2 Å². The Morgan fingerprint density at radius 3 is 2.51 bits per heavy atom. The number of ether oxygens (including phenoxy) is 2. The number of benzene rings is 2. The molecule has 2 saturated heterocycles. The molecule has 2 aliphatic heterocycles. The molecule has 5 rings (SSSR count). The molecular formula is C37H53N3O5. The largest absolute Gasteiger partial charge is 0.392 e. The lowest BCUT2D eigenvalue weighted by Crippen LogP contribution is -2.46. The van der Waals surface area contributed by atoms with Crippen molar-refractivity contribution in [2.24, 2.45) is 16.7 Å².